The molecule has 0 spiro atoms. The molecule has 3 aromatic rings. The van der Waals surface area contributed by atoms with Gasteiger partial charge < -0.3 is 5.32 Å². The van der Waals surface area contributed by atoms with Crippen LogP contribution in [0, 0.1) is 0 Å². The summed E-state index contributed by atoms with van der Waals surface area (Å²) in [6.45, 7) is 2.28. The van der Waals surface area contributed by atoms with Gasteiger partial charge in [-0.15, -0.1) is 0 Å². The smallest absolute Gasteiger partial charge is 0.265 e. The van der Waals surface area contributed by atoms with Gasteiger partial charge in [0, 0.05) is 13.0 Å². The van der Waals surface area contributed by atoms with Crippen LogP contribution in [0.3, 0.4) is 0 Å². The minimum atomic E-state index is -3.88. The Balaban J connectivity index is 1.84. The van der Waals surface area contributed by atoms with Crippen LogP contribution >= 0.6 is 0 Å². The lowest BCUT2D eigenvalue weighted by Crippen LogP contribution is -2.47. The first kappa shape index (κ1) is 17.5. The number of rotatable bonds is 4. The summed E-state index contributed by atoms with van der Waals surface area (Å²) in [5.74, 6) is -0.280. The van der Waals surface area contributed by atoms with Gasteiger partial charge in [-0.1, -0.05) is 48.5 Å². The predicted octanol–water partition coefficient (Wildman–Crippen LogP) is 3.10. The lowest BCUT2D eigenvalue weighted by molar-refractivity contribution is -0.121. The standard InChI is InChI=1S/C21H20N2O3S/c1-2-22-21(24)20-14-17-9-5-6-10-19(17)23(20)27(25,26)18-12-11-15-7-3-4-8-16(15)13-18/h3-13,20H,2,14H2,1H3,(H,22,24)/t20-/m0/s1. The van der Waals surface area contributed by atoms with Crippen LogP contribution in [0.25, 0.3) is 10.8 Å². The molecule has 0 saturated heterocycles. The van der Waals surface area contributed by atoms with Gasteiger partial charge in [0.15, 0.2) is 0 Å². The number of hydrogen-bond donors (Lipinski definition) is 1. The van der Waals surface area contributed by atoms with Gasteiger partial charge in [0.1, 0.15) is 6.04 Å². The van der Waals surface area contributed by atoms with Gasteiger partial charge in [0.2, 0.25) is 5.91 Å². The first-order chi connectivity index (χ1) is 13.0. The Kier molecular flexibility index (Phi) is 4.36. The van der Waals surface area contributed by atoms with Gasteiger partial charge in [-0.3, -0.25) is 9.10 Å². The molecule has 6 heteroatoms. The zero-order chi connectivity index (χ0) is 19.0. The number of amides is 1. The predicted molar refractivity (Wildman–Crippen MR) is 106 cm³/mol. The molecule has 5 nitrogen and oxygen atoms in total. The lowest BCUT2D eigenvalue weighted by atomic mass is 10.1. The van der Waals surface area contributed by atoms with Gasteiger partial charge in [-0.05, 0) is 41.5 Å². The van der Waals surface area contributed by atoms with Crippen molar-refractivity contribution in [1.29, 1.82) is 0 Å². The number of hydrogen-bond acceptors (Lipinski definition) is 3. The third kappa shape index (κ3) is 2.96. The highest BCUT2D eigenvalue weighted by Gasteiger charge is 2.42. The SMILES string of the molecule is CCNC(=O)[C@@H]1Cc2ccccc2N1S(=O)(=O)c1ccc2ccccc2c1. The van der Waals surface area contributed by atoms with E-state index in [1.165, 1.54) is 4.31 Å². The van der Waals surface area contributed by atoms with Crippen molar-refractivity contribution in [3.05, 3.63) is 72.3 Å². The second-order valence-corrected chi connectivity index (χ2v) is 8.37. The van der Waals surface area contributed by atoms with E-state index < -0.39 is 16.1 Å². The van der Waals surface area contributed by atoms with E-state index in [1.54, 1.807) is 30.3 Å². The first-order valence-electron chi connectivity index (χ1n) is 8.91. The second kappa shape index (κ2) is 6.70. The van der Waals surface area contributed by atoms with Crippen molar-refractivity contribution in [2.75, 3.05) is 10.8 Å². The molecule has 0 radical (unpaired) electrons. The van der Waals surface area contributed by atoms with E-state index in [-0.39, 0.29) is 10.8 Å². The van der Waals surface area contributed by atoms with Gasteiger partial charge >= 0.3 is 0 Å². The number of anilines is 1. The van der Waals surface area contributed by atoms with Crippen molar-refractivity contribution in [2.45, 2.75) is 24.3 Å². The molecule has 0 aliphatic carbocycles. The zero-order valence-corrected chi connectivity index (χ0v) is 15.7. The summed E-state index contributed by atoms with van der Waals surface area (Å²) in [6.07, 6.45) is 0.370. The molecule has 0 unspecified atom stereocenters. The van der Waals surface area contributed by atoms with E-state index in [2.05, 4.69) is 5.32 Å². The number of likely N-dealkylation sites (N-methyl/N-ethyl adjacent to an activating group) is 1. The van der Waals surface area contributed by atoms with Crippen LogP contribution in [-0.2, 0) is 21.2 Å². The molecule has 0 bridgehead atoms. The molecule has 1 aliphatic heterocycles. The number of benzene rings is 3. The third-order valence-electron chi connectivity index (χ3n) is 4.86. The van der Waals surface area contributed by atoms with Gasteiger partial charge in [0.25, 0.3) is 10.0 Å². The van der Waals surface area contributed by atoms with Crippen molar-refractivity contribution in [2.24, 2.45) is 0 Å². The van der Waals surface area contributed by atoms with Crippen molar-refractivity contribution < 1.29 is 13.2 Å². The van der Waals surface area contributed by atoms with Gasteiger partial charge in [0.05, 0.1) is 10.6 Å². The molecule has 1 atom stereocenters. The maximum Gasteiger partial charge on any atom is 0.265 e. The third-order valence-corrected chi connectivity index (χ3v) is 6.68. The molecule has 4 rings (SSSR count). The summed E-state index contributed by atoms with van der Waals surface area (Å²) in [5, 5.41) is 4.58. The topological polar surface area (TPSA) is 66.5 Å². The molecule has 1 N–H and O–H groups in total. The molecule has 0 aromatic heterocycles. The summed E-state index contributed by atoms with van der Waals surface area (Å²) < 4.78 is 28.3. The van der Waals surface area contributed by atoms with Crippen LogP contribution in [0.15, 0.2) is 71.6 Å². The fraction of sp³-hybridized carbons (Fsp3) is 0.190. The maximum atomic E-state index is 13.5. The Morgan fingerprint density at radius 1 is 1.04 bits per heavy atom. The molecule has 0 saturated carbocycles. The van der Waals surface area contributed by atoms with Gasteiger partial charge in [-0.2, -0.15) is 0 Å². The fourth-order valence-corrected chi connectivity index (χ4v) is 5.27. The Labute approximate surface area is 158 Å². The largest absolute Gasteiger partial charge is 0.355 e. The summed E-state index contributed by atoms with van der Waals surface area (Å²) in [6, 6.07) is 19.2. The summed E-state index contributed by atoms with van der Waals surface area (Å²) in [4.78, 5) is 12.8. The van der Waals surface area contributed by atoms with E-state index in [4.69, 9.17) is 0 Å². The molecule has 0 fully saturated rings. The van der Waals surface area contributed by atoms with Crippen molar-refractivity contribution in [3.8, 4) is 0 Å². The van der Waals surface area contributed by atoms with Crippen LogP contribution in [0.5, 0.6) is 0 Å². The Morgan fingerprint density at radius 2 is 1.74 bits per heavy atom. The van der Waals surface area contributed by atoms with Crippen LogP contribution in [0.1, 0.15) is 12.5 Å². The average molecular weight is 380 g/mol. The molecule has 1 amide bonds. The fourth-order valence-electron chi connectivity index (χ4n) is 3.59. The molecule has 3 aromatic carbocycles. The molecule has 138 valence electrons. The number of carbonyl (C=O) groups is 1. The summed E-state index contributed by atoms with van der Waals surface area (Å²) in [5.41, 5.74) is 1.43. The van der Waals surface area contributed by atoms with Crippen molar-refractivity contribution in [3.63, 3.8) is 0 Å². The highest BCUT2D eigenvalue weighted by Crippen LogP contribution is 2.37. The Hall–Kier alpha value is -2.86. The maximum absolute atomic E-state index is 13.5. The molecule has 1 heterocycles. The zero-order valence-electron chi connectivity index (χ0n) is 14.9. The molecule has 1 aliphatic rings. The Bertz CT molecular complexity index is 1120. The van der Waals surface area contributed by atoms with Crippen molar-refractivity contribution >= 4 is 32.4 Å². The number of para-hydroxylation sites is 1. The number of nitrogens with zero attached hydrogens (tertiary/aromatic N) is 1. The molecular formula is C21H20N2O3S. The minimum Gasteiger partial charge on any atom is -0.355 e. The van der Waals surface area contributed by atoms with Crippen LogP contribution in [0.4, 0.5) is 5.69 Å². The minimum absolute atomic E-state index is 0.187. The number of carbonyl (C=O) groups excluding carboxylic acids is 1. The normalized spacial score (nSPS) is 16.3. The van der Waals surface area contributed by atoms with Crippen LogP contribution in [0.2, 0.25) is 0 Å². The van der Waals surface area contributed by atoms with Crippen LogP contribution in [-0.4, -0.2) is 26.9 Å². The Morgan fingerprint density at radius 3 is 2.52 bits per heavy atom. The van der Waals surface area contributed by atoms with Crippen molar-refractivity contribution in [1.82, 2.24) is 5.32 Å². The molecule has 27 heavy (non-hydrogen) atoms. The number of sulfonamides is 1. The monoisotopic (exact) mass is 380 g/mol. The summed E-state index contributed by atoms with van der Waals surface area (Å²) in [7, 11) is -3.88. The van der Waals surface area contributed by atoms with E-state index in [1.807, 2.05) is 43.3 Å². The lowest BCUT2D eigenvalue weighted by Gasteiger charge is -2.26. The number of nitrogens with one attached hydrogen (secondary N) is 1. The highest BCUT2D eigenvalue weighted by atomic mass is 32.2. The van der Waals surface area contributed by atoms with Gasteiger partial charge in [-0.25, -0.2) is 8.42 Å². The van der Waals surface area contributed by atoms with E-state index in [9.17, 15) is 13.2 Å². The highest BCUT2D eigenvalue weighted by molar-refractivity contribution is 7.93. The summed E-state index contributed by atoms with van der Waals surface area (Å²) >= 11 is 0. The first-order valence-corrected chi connectivity index (χ1v) is 10.3. The van der Waals surface area contributed by atoms with E-state index in [0.29, 0.717) is 18.7 Å². The number of fused-ring (bicyclic) bond motifs is 2. The van der Waals surface area contributed by atoms with E-state index >= 15 is 0 Å². The quantitative estimate of drug-likeness (QED) is 0.756. The van der Waals surface area contributed by atoms with E-state index in [0.717, 1.165) is 16.3 Å². The van der Waals surface area contributed by atoms with Crippen LogP contribution < -0.4 is 9.62 Å². The molecular weight excluding hydrogens is 360 g/mol. The average Bonchev–Trinajstić information content (AvgIpc) is 3.08. The second-order valence-electron chi connectivity index (χ2n) is 6.55.